The zero-order valence-corrected chi connectivity index (χ0v) is 20.4. The number of hydrogen-bond donors (Lipinski definition) is 0. The maximum Gasteiger partial charge on any atom is -0.00262 e. The third kappa shape index (κ3) is 0.495. The zero-order valence-electron chi connectivity index (χ0n) is 20.4. The van der Waals surface area contributed by atoms with Gasteiger partial charge in [0.2, 0.25) is 0 Å². The molecule has 0 aromatic heterocycles. The Morgan fingerprint density at radius 1 is 0.516 bits per heavy atom. The van der Waals surface area contributed by atoms with Gasteiger partial charge in [-0.05, 0) is 133 Å². The third-order valence-corrected chi connectivity index (χ3v) is 21.7. The van der Waals surface area contributed by atoms with E-state index in [2.05, 4.69) is 41.5 Å². The van der Waals surface area contributed by atoms with Gasteiger partial charge in [0.05, 0.1) is 0 Å². The summed E-state index contributed by atoms with van der Waals surface area (Å²) in [5.41, 5.74) is 8.44. The van der Waals surface area contributed by atoms with Crippen LogP contribution in [0.5, 0.6) is 0 Å². The van der Waals surface area contributed by atoms with E-state index in [1.165, 1.54) is 29.6 Å². The molecule has 0 aromatic rings. The number of hydrogen-bond acceptors (Lipinski definition) is 0. The smallest absolute Gasteiger partial charge is 0.00262 e. The van der Waals surface area contributed by atoms with Crippen molar-refractivity contribution in [2.24, 2.45) is 107 Å². The molecule has 6 bridgehead atoms. The van der Waals surface area contributed by atoms with Crippen molar-refractivity contribution in [3.05, 3.63) is 0 Å². The van der Waals surface area contributed by atoms with Crippen molar-refractivity contribution in [3.63, 3.8) is 0 Å². The largest absolute Gasteiger partial charge is 0.0582 e. The van der Waals surface area contributed by atoms with Crippen LogP contribution in [0.2, 0.25) is 0 Å². The quantitative estimate of drug-likeness (QED) is 0.433. The van der Waals surface area contributed by atoms with Crippen LogP contribution in [0.4, 0.5) is 0 Å². The summed E-state index contributed by atoms with van der Waals surface area (Å²) in [5.74, 6) is 9.36. The molecule has 0 aromatic carbocycles. The van der Waals surface area contributed by atoms with Crippen LogP contribution in [-0.4, -0.2) is 0 Å². The second-order valence-electron chi connectivity index (χ2n) is 17.5. The molecule has 0 nitrogen and oxygen atoms in total. The fourth-order valence-corrected chi connectivity index (χ4v) is 24.1. The van der Waals surface area contributed by atoms with E-state index in [-0.39, 0.29) is 0 Å². The summed E-state index contributed by atoms with van der Waals surface area (Å²) in [6, 6.07) is 0. The topological polar surface area (TPSA) is 0 Å². The van der Waals surface area contributed by atoms with Gasteiger partial charge in [0.25, 0.3) is 0 Å². The van der Waals surface area contributed by atoms with Gasteiger partial charge in [-0.25, -0.2) is 0 Å². The minimum atomic E-state index is 0.636. The van der Waals surface area contributed by atoms with Crippen molar-refractivity contribution in [3.8, 4) is 0 Å². The van der Waals surface area contributed by atoms with Crippen molar-refractivity contribution < 1.29 is 0 Å². The van der Waals surface area contributed by atoms with Crippen LogP contribution >= 0.6 is 0 Å². The fraction of sp³-hybridized carbons (Fsp3) is 1.00. The van der Waals surface area contributed by atoms with Crippen molar-refractivity contribution in [1.82, 2.24) is 0 Å². The first kappa shape index (κ1) is 15.1. The maximum atomic E-state index is 3.01. The Hall–Kier alpha value is 0. The first-order chi connectivity index (χ1) is 14.7. The summed E-state index contributed by atoms with van der Waals surface area (Å²) in [4.78, 5) is 0. The summed E-state index contributed by atoms with van der Waals surface area (Å²) in [6.45, 7) is 17.9. The van der Waals surface area contributed by atoms with Gasteiger partial charge in [-0.3, -0.25) is 0 Å². The van der Waals surface area contributed by atoms with Crippen LogP contribution in [0, 0.1) is 107 Å². The van der Waals surface area contributed by atoms with Crippen molar-refractivity contribution in [1.29, 1.82) is 0 Å². The monoisotopic (exact) mass is 410 g/mol. The Kier molecular flexibility index (Phi) is 1.33. The lowest BCUT2D eigenvalue weighted by atomic mass is 8.74. The Bertz CT molecular complexity index is 1260. The number of fused-ring (bicyclic) bond motifs is 3. The van der Waals surface area contributed by atoms with Crippen LogP contribution in [0.15, 0.2) is 0 Å². The Morgan fingerprint density at radius 3 is 2.03 bits per heavy atom. The maximum absolute atomic E-state index is 3.01. The molecule has 0 N–H and O–H groups in total. The molecule has 14 saturated carbocycles. The predicted octanol–water partition coefficient (Wildman–Crippen LogP) is 6.40. The highest BCUT2D eigenvalue weighted by Crippen LogP contribution is 3.41. The van der Waals surface area contributed by atoms with E-state index in [0.717, 1.165) is 50.2 Å². The van der Waals surface area contributed by atoms with Crippen LogP contribution < -0.4 is 0 Å². The van der Waals surface area contributed by atoms with E-state index >= 15 is 0 Å². The van der Waals surface area contributed by atoms with Gasteiger partial charge in [-0.2, -0.15) is 0 Å². The lowest BCUT2D eigenvalue weighted by Crippen LogP contribution is -3.26. The summed E-state index contributed by atoms with van der Waals surface area (Å²) in [6.07, 6.45) is 9.74. The molecule has 14 aliphatic rings. The molecule has 14 rings (SSSR count). The standard InChI is InChI=1S/C31H38/c1-21-13-9-7-8-10-14-18-16-12-17-20-19-15(11-13)23(3)24(21,4)31-26(21,6)25(5)22(14,2)27(16,17)30(20,28(19,23)31)29(18,25)31/h13-20H,7-12H2,1-6H3. The first-order valence-electron chi connectivity index (χ1n) is 14.7. The SMILES string of the molecule is CC12C3CCCCC4CC5C6C7C8CC9C3C3%10C1(C)C1(C)C4(C)C4(C)C5(C)C6(C73C892)C41%10. The molecule has 0 radical (unpaired) electrons. The molecular formula is C31H38. The van der Waals surface area contributed by atoms with E-state index in [1.54, 1.807) is 38.5 Å². The molecule has 162 valence electrons. The molecule has 14 fully saturated rings. The Labute approximate surface area is 187 Å². The highest BCUT2D eigenvalue weighted by molar-refractivity contribution is 5.84. The average Bonchev–Trinajstić information content (AvgIpc) is 3.10. The Balaban J connectivity index is 1.33. The minimum absolute atomic E-state index is 0.636. The molecule has 0 aliphatic heterocycles. The van der Waals surface area contributed by atoms with Crippen LogP contribution in [0.3, 0.4) is 0 Å². The van der Waals surface area contributed by atoms with Crippen LogP contribution in [0.25, 0.3) is 0 Å². The summed E-state index contributed by atoms with van der Waals surface area (Å²) >= 11 is 0. The summed E-state index contributed by atoms with van der Waals surface area (Å²) in [7, 11) is 0. The summed E-state index contributed by atoms with van der Waals surface area (Å²) < 4.78 is 0. The minimum Gasteiger partial charge on any atom is -0.0582 e. The fourth-order valence-electron chi connectivity index (χ4n) is 24.1. The molecule has 5 spiro atoms. The Morgan fingerprint density at radius 2 is 1.23 bits per heavy atom. The van der Waals surface area contributed by atoms with Crippen molar-refractivity contribution in [2.45, 2.75) is 80.1 Å². The first-order valence-corrected chi connectivity index (χ1v) is 14.7. The van der Waals surface area contributed by atoms with E-state index in [1.807, 2.05) is 0 Å². The molecule has 19 atom stereocenters. The molecule has 14 aliphatic carbocycles. The lowest BCUT2D eigenvalue weighted by Gasteiger charge is -3.28. The van der Waals surface area contributed by atoms with E-state index in [9.17, 15) is 0 Å². The van der Waals surface area contributed by atoms with Gasteiger partial charge < -0.3 is 0 Å². The van der Waals surface area contributed by atoms with Crippen LogP contribution in [0.1, 0.15) is 80.1 Å². The predicted molar refractivity (Wildman–Crippen MR) is 116 cm³/mol. The van der Waals surface area contributed by atoms with Gasteiger partial charge in [0.15, 0.2) is 0 Å². The number of rotatable bonds is 0. The highest BCUT2D eigenvalue weighted by atomic mass is 15.4. The van der Waals surface area contributed by atoms with Crippen LogP contribution in [-0.2, 0) is 0 Å². The highest BCUT2D eigenvalue weighted by Gasteiger charge is 3.39. The van der Waals surface area contributed by atoms with E-state index in [0.29, 0.717) is 27.1 Å². The van der Waals surface area contributed by atoms with Crippen molar-refractivity contribution >= 4 is 0 Å². The molecular weight excluding hydrogens is 372 g/mol. The molecule has 31 heavy (non-hydrogen) atoms. The van der Waals surface area contributed by atoms with Gasteiger partial charge >= 0.3 is 0 Å². The second-order valence-corrected chi connectivity index (χ2v) is 17.5. The normalized spacial score (nSPS) is 101. The van der Waals surface area contributed by atoms with Gasteiger partial charge in [-0.1, -0.05) is 54.4 Å². The third-order valence-electron chi connectivity index (χ3n) is 21.7. The van der Waals surface area contributed by atoms with E-state index < -0.39 is 0 Å². The van der Waals surface area contributed by atoms with Gasteiger partial charge in [0.1, 0.15) is 0 Å². The molecule has 0 heterocycles. The van der Waals surface area contributed by atoms with Crippen molar-refractivity contribution in [2.75, 3.05) is 0 Å². The molecule has 0 amide bonds. The van der Waals surface area contributed by atoms with E-state index in [4.69, 9.17) is 0 Å². The lowest BCUT2D eigenvalue weighted by molar-refractivity contribution is -0.832. The molecule has 19 unspecified atom stereocenters. The zero-order chi connectivity index (χ0) is 20.4. The van der Waals surface area contributed by atoms with Gasteiger partial charge in [-0.15, -0.1) is 0 Å². The average molecular weight is 411 g/mol. The molecule has 0 heteroatoms. The summed E-state index contributed by atoms with van der Waals surface area (Å²) in [5, 5.41) is 0. The van der Waals surface area contributed by atoms with Gasteiger partial charge in [0, 0.05) is 0 Å². The molecule has 0 saturated heterocycles. The second kappa shape index (κ2) is 2.74.